The lowest BCUT2D eigenvalue weighted by molar-refractivity contribution is 0.156. The van der Waals surface area contributed by atoms with Gasteiger partial charge in [-0.25, -0.2) is 0 Å². The highest BCUT2D eigenvalue weighted by atomic mass is 16.5. The van der Waals surface area contributed by atoms with Crippen molar-refractivity contribution >= 4 is 0 Å². The van der Waals surface area contributed by atoms with Crippen LogP contribution in [0.2, 0.25) is 0 Å². The molecule has 1 saturated heterocycles. The van der Waals surface area contributed by atoms with Gasteiger partial charge in [0.1, 0.15) is 5.75 Å². The standard InChI is InChI=1S/C16H26N2O/c1-3-11-18(15-8-6-10-17-12-15)13-14-7-4-5-9-16(14)19-2/h4-5,7,9,15,17H,3,6,8,10-13H2,1-2H3. The summed E-state index contributed by atoms with van der Waals surface area (Å²) in [7, 11) is 1.76. The fraction of sp³-hybridized carbons (Fsp3) is 0.625. The van der Waals surface area contributed by atoms with Gasteiger partial charge in [0, 0.05) is 24.7 Å². The molecular formula is C16H26N2O. The van der Waals surface area contributed by atoms with Crippen LogP contribution in [0.1, 0.15) is 31.7 Å². The van der Waals surface area contributed by atoms with E-state index in [0.717, 1.165) is 25.4 Å². The maximum absolute atomic E-state index is 5.47. The molecule has 0 aromatic heterocycles. The van der Waals surface area contributed by atoms with Crippen LogP contribution in [0, 0.1) is 0 Å². The molecule has 1 unspecified atom stereocenters. The average Bonchev–Trinajstić information content (AvgIpc) is 2.48. The number of rotatable bonds is 6. The zero-order chi connectivity index (χ0) is 13.5. The fourth-order valence-corrected chi connectivity index (χ4v) is 2.88. The van der Waals surface area contributed by atoms with E-state index in [2.05, 4.69) is 35.3 Å². The second-order valence-corrected chi connectivity index (χ2v) is 5.28. The van der Waals surface area contributed by atoms with Gasteiger partial charge in [-0.15, -0.1) is 0 Å². The number of piperidine rings is 1. The lowest BCUT2D eigenvalue weighted by atomic mass is 10.0. The van der Waals surface area contributed by atoms with Crippen molar-refractivity contribution in [3.8, 4) is 5.75 Å². The summed E-state index contributed by atoms with van der Waals surface area (Å²) in [5.41, 5.74) is 1.30. The second-order valence-electron chi connectivity index (χ2n) is 5.28. The first kappa shape index (κ1) is 14.4. The quantitative estimate of drug-likeness (QED) is 0.853. The van der Waals surface area contributed by atoms with Gasteiger partial charge in [-0.05, 0) is 38.4 Å². The molecule has 19 heavy (non-hydrogen) atoms. The number of hydrogen-bond acceptors (Lipinski definition) is 3. The number of nitrogens with zero attached hydrogens (tertiary/aromatic N) is 1. The highest BCUT2D eigenvalue weighted by molar-refractivity contribution is 5.33. The van der Waals surface area contributed by atoms with Crippen molar-refractivity contribution in [3.05, 3.63) is 29.8 Å². The lowest BCUT2D eigenvalue weighted by Gasteiger charge is -2.34. The molecule has 1 heterocycles. The van der Waals surface area contributed by atoms with Crippen LogP contribution in [-0.4, -0.2) is 37.7 Å². The number of benzene rings is 1. The molecule has 0 radical (unpaired) electrons. The van der Waals surface area contributed by atoms with Crippen molar-refractivity contribution in [2.75, 3.05) is 26.7 Å². The van der Waals surface area contributed by atoms with Gasteiger partial charge in [-0.1, -0.05) is 25.1 Å². The summed E-state index contributed by atoms with van der Waals surface area (Å²) in [6.45, 7) is 6.69. The van der Waals surface area contributed by atoms with Gasteiger partial charge < -0.3 is 10.1 Å². The number of ether oxygens (including phenoxy) is 1. The van der Waals surface area contributed by atoms with Crippen LogP contribution < -0.4 is 10.1 Å². The Balaban J connectivity index is 2.06. The molecule has 1 aromatic rings. The maximum Gasteiger partial charge on any atom is 0.123 e. The Bertz CT molecular complexity index is 375. The third kappa shape index (κ3) is 3.95. The molecule has 0 spiro atoms. The molecule has 0 aliphatic carbocycles. The average molecular weight is 262 g/mol. The summed E-state index contributed by atoms with van der Waals surface area (Å²) in [4.78, 5) is 2.60. The van der Waals surface area contributed by atoms with Crippen LogP contribution >= 0.6 is 0 Å². The van der Waals surface area contributed by atoms with Crippen LogP contribution in [0.15, 0.2) is 24.3 Å². The second kappa shape index (κ2) is 7.51. The summed E-state index contributed by atoms with van der Waals surface area (Å²) in [5, 5.41) is 3.52. The molecule has 1 N–H and O–H groups in total. The van der Waals surface area contributed by atoms with Crippen molar-refractivity contribution in [2.45, 2.75) is 38.8 Å². The van der Waals surface area contributed by atoms with E-state index in [9.17, 15) is 0 Å². The third-order valence-electron chi connectivity index (χ3n) is 3.86. The summed E-state index contributed by atoms with van der Waals surface area (Å²) in [6, 6.07) is 9.03. The molecule has 3 heteroatoms. The molecule has 2 rings (SSSR count). The molecule has 1 atom stereocenters. The molecule has 3 nitrogen and oxygen atoms in total. The van der Waals surface area contributed by atoms with Crippen LogP contribution in [0.5, 0.6) is 5.75 Å². The predicted octanol–water partition coefficient (Wildman–Crippen LogP) is 2.66. The molecule has 0 amide bonds. The van der Waals surface area contributed by atoms with Crippen LogP contribution in [0.3, 0.4) is 0 Å². The van der Waals surface area contributed by atoms with Gasteiger partial charge in [-0.3, -0.25) is 4.90 Å². The highest BCUT2D eigenvalue weighted by Gasteiger charge is 2.21. The van der Waals surface area contributed by atoms with Crippen LogP contribution in [-0.2, 0) is 6.54 Å². The number of hydrogen-bond donors (Lipinski definition) is 1. The van der Waals surface area contributed by atoms with Crippen molar-refractivity contribution in [2.24, 2.45) is 0 Å². The smallest absolute Gasteiger partial charge is 0.123 e. The summed E-state index contributed by atoms with van der Waals surface area (Å²) >= 11 is 0. The van der Waals surface area contributed by atoms with Gasteiger partial charge in [0.2, 0.25) is 0 Å². The lowest BCUT2D eigenvalue weighted by Crippen LogP contribution is -2.45. The van der Waals surface area contributed by atoms with Gasteiger partial charge in [0.15, 0.2) is 0 Å². The minimum Gasteiger partial charge on any atom is -0.496 e. The Morgan fingerprint density at radius 3 is 2.89 bits per heavy atom. The molecule has 1 aliphatic rings. The fourth-order valence-electron chi connectivity index (χ4n) is 2.88. The third-order valence-corrected chi connectivity index (χ3v) is 3.86. The monoisotopic (exact) mass is 262 g/mol. The Kier molecular flexibility index (Phi) is 5.67. The Hall–Kier alpha value is -1.06. The van der Waals surface area contributed by atoms with E-state index >= 15 is 0 Å². The van der Waals surface area contributed by atoms with E-state index in [-0.39, 0.29) is 0 Å². The van der Waals surface area contributed by atoms with E-state index in [0.29, 0.717) is 6.04 Å². The normalized spacial score (nSPS) is 19.6. The first-order valence-corrected chi connectivity index (χ1v) is 7.41. The number of nitrogens with one attached hydrogen (secondary N) is 1. The summed E-state index contributed by atoms with van der Waals surface area (Å²) in [6.07, 6.45) is 3.80. The van der Waals surface area contributed by atoms with E-state index in [1.54, 1.807) is 7.11 Å². The minimum absolute atomic E-state index is 0.665. The summed E-state index contributed by atoms with van der Waals surface area (Å²) < 4.78 is 5.47. The molecule has 106 valence electrons. The van der Waals surface area contributed by atoms with Gasteiger partial charge in [0.25, 0.3) is 0 Å². The Morgan fingerprint density at radius 2 is 2.21 bits per heavy atom. The largest absolute Gasteiger partial charge is 0.496 e. The van der Waals surface area contributed by atoms with Crippen molar-refractivity contribution in [1.82, 2.24) is 10.2 Å². The van der Waals surface area contributed by atoms with E-state index in [4.69, 9.17) is 4.74 Å². The zero-order valence-electron chi connectivity index (χ0n) is 12.2. The van der Waals surface area contributed by atoms with Crippen molar-refractivity contribution < 1.29 is 4.74 Å². The van der Waals surface area contributed by atoms with E-state index in [1.807, 2.05) is 6.07 Å². The molecule has 1 fully saturated rings. The Morgan fingerprint density at radius 1 is 1.37 bits per heavy atom. The SMILES string of the molecule is CCCN(Cc1ccccc1OC)C1CCCNC1. The van der Waals surface area contributed by atoms with Gasteiger partial charge >= 0.3 is 0 Å². The van der Waals surface area contributed by atoms with E-state index in [1.165, 1.54) is 31.4 Å². The number of para-hydroxylation sites is 1. The maximum atomic E-state index is 5.47. The van der Waals surface area contributed by atoms with Crippen LogP contribution in [0.25, 0.3) is 0 Å². The molecular weight excluding hydrogens is 236 g/mol. The molecule has 0 saturated carbocycles. The first-order chi connectivity index (χ1) is 9.35. The first-order valence-electron chi connectivity index (χ1n) is 7.41. The predicted molar refractivity (Wildman–Crippen MR) is 79.6 cm³/mol. The molecule has 1 aromatic carbocycles. The highest BCUT2D eigenvalue weighted by Crippen LogP contribution is 2.22. The van der Waals surface area contributed by atoms with Crippen molar-refractivity contribution in [1.29, 1.82) is 0 Å². The summed E-state index contributed by atoms with van der Waals surface area (Å²) in [5.74, 6) is 1.01. The van der Waals surface area contributed by atoms with Crippen LogP contribution in [0.4, 0.5) is 0 Å². The van der Waals surface area contributed by atoms with Gasteiger partial charge in [-0.2, -0.15) is 0 Å². The zero-order valence-corrected chi connectivity index (χ0v) is 12.2. The van der Waals surface area contributed by atoms with Gasteiger partial charge in [0.05, 0.1) is 7.11 Å². The minimum atomic E-state index is 0.665. The molecule has 0 bridgehead atoms. The topological polar surface area (TPSA) is 24.5 Å². The van der Waals surface area contributed by atoms with Crippen molar-refractivity contribution in [3.63, 3.8) is 0 Å². The Labute approximate surface area is 116 Å². The van der Waals surface area contributed by atoms with E-state index < -0.39 is 0 Å². The number of methoxy groups -OCH3 is 1. The molecule has 1 aliphatic heterocycles.